The molecule has 10 heteroatoms. The minimum Gasteiger partial charge on any atom is -0.478 e. The number of benzene rings is 3. The number of oxazole rings is 2. The molecule has 0 bridgehead atoms. The van der Waals surface area contributed by atoms with Gasteiger partial charge in [-0.1, -0.05) is 36.4 Å². The zero-order valence-corrected chi connectivity index (χ0v) is 17.5. The van der Waals surface area contributed by atoms with E-state index in [-0.39, 0.29) is 23.4 Å². The summed E-state index contributed by atoms with van der Waals surface area (Å²) < 4.78 is 10.5. The van der Waals surface area contributed by atoms with Crippen molar-refractivity contribution in [3.05, 3.63) is 84.9 Å². The maximum Gasteiger partial charge on any atom is 0.332 e. The maximum absolute atomic E-state index is 9.95. The lowest BCUT2D eigenvalue weighted by Crippen LogP contribution is -1.74. The largest absolute Gasteiger partial charge is 0.478 e. The number of hydrogen-bond donors (Lipinski definition) is 2. The summed E-state index contributed by atoms with van der Waals surface area (Å²) in [5.41, 5.74) is 2.42. The van der Waals surface area contributed by atoms with Gasteiger partial charge in [-0.25, -0.2) is 0 Å². The minimum absolute atomic E-state index is 0.0293. The zero-order chi connectivity index (χ0) is 23.3. The first-order chi connectivity index (χ1) is 16.7. The van der Waals surface area contributed by atoms with E-state index in [1.165, 1.54) is 0 Å². The molecule has 3 aromatic carbocycles. The second-order valence-electron chi connectivity index (χ2n) is 6.94. The summed E-state index contributed by atoms with van der Waals surface area (Å²) >= 11 is 0. The lowest BCUT2D eigenvalue weighted by Gasteiger charge is -1.93. The van der Waals surface area contributed by atoms with Gasteiger partial charge < -0.3 is 19.0 Å². The lowest BCUT2D eigenvalue weighted by molar-refractivity contribution is 0.338. The van der Waals surface area contributed by atoms with E-state index in [2.05, 4.69) is 30.4 Å². The highest BCUT2D eigenvalue weighted by molar-refractivity contribution is 5.58. The topological polar surface area (TPSA) is 142 Å². The quantitative estimate of drug-likeness (QED) is 0.260. The first kappa shape index (κ1) is 20.8. The van der Waals surface area contributed by atoms with Crippen LogP contribution in [0.3, 0.4) is 0 Å². The molecule has 34 heavy (non-hydrogen) atoms. The highest BCUT2D eigenvalue weighted by Gasteiger charge is 2.14. The maximum atomic E-state index is 9.95. The van der Waals surface area contributed by atoms with Gasteiger partial charge >= 0.3 is 11.9 Å². The molecule has 0 saturated carbocycles. The molecule has 10 nitrogen and oxygen atoms in total. The third-order valence-electron chi connectivity index (χ3n) is 4.60. The van der Waals surface area contributed by atoms with E-state index >= 15 is 0 Å². The Morgan fingerprint density at radius 2 is 0.882 bits per heavy atom. The van der Waals surface area contributed by atoms with Crippen LogP contribution in [0.15, 0.2) is 114 Å². The molecule has 0 fully saturated rings. The molecular weight excluding hydrogens is 436 g/mol. The van der Waals surface area contributed by atoms with Gasteiger partial charge in [-0.2, -0.15) is 9.97 Å². The zero-order valence-electron chi connectivity index (χ0n) is 17.5. The van der Waals surface area contributed by atoms with E-state index in [0.717, 1.165) is 0 Å². The molecule has 0 saturated heterocycles. The molecule has 0 radical (unpaired) electrons. The summed E-state index contributed by atoms with van der Waals surface area (Å²) in [7, 11) is 0. The van der Waals surface area contributed by atoms with Gasteiger partial charge in [-0.15, -0.1) is 20.5 Å². The Labute approximate surface area is 192 Å². The van der Waals surface area contributed by atoms with Crippen LogP contribution in [-0.4, -0.2) is 20.2 Å². The fraction of sp³-hybridized carbons (Fsp3) is 0. The molecular formula is C24H16N6O4. The van der Waals surface area contributed by atoms with E-state index in [4.69, 9.17) is 8.83 Å². The Morgan fingerprint density at radius 1 is 0.500 bits per heavy atom. The summed E-state index contributed by atoms with van der Waals surface area (Å²) in [6, 6.07) is 24.9. The van der Waals surface area contributed by atoms with Crippen molar-refractivity contribution in [1.82, 2.24) is 9.97 Å². The standard InChI is InChI=1S/C24H16N6O4/c31-23-19(25-21(33-23)15-7-3-1-4-8-15)29-27-17-11-13-18(14-12-17)28-30-20-24(32)34-22(26-20)16-9-5-2-6-10-16/h1-14,31-32H. The van der Waals surface area contributed by atoms with E-state index in [1.54, 1.807) is 48.5 Å². The predicted octanol–water partition coefficient (Wildman–Crippen LogP) is 7.24. The van der Waals surface area contributed by atoms with Gasteiger partial charge in [-0.05, 0) is 48.5 Å². The number of azo groups is 2. The summed E-state index contributed by atoms with van der Waals surface area (Å²) in [4.78, 5) is 8.32. The van der Waals surface area contributed by atoms with Crippen LogP contribution in [0.5, 0.6) is 11.9 Å². The molecule has 0 atom stereocenters. The van der Waals surface area contributed by atoms with Gasteiger partial charge in [-0.3, -0.25) is 0 Å². The minimum atomic E-state index is -0.421. The molecule has 2 heterocycles. The molecule has 0 aliphatic carbocycles. The second-order valence-corrected chi connectivity index (χ2v) is 6.94. The molecule has 0 aliphatic rings. The van der Waals surface area contributed by atoms with Gasteiger partial charge in [0.15, 0.2) is 0 Å². The molecule has 0 spiro atoms. The molecule has 166 valence electrons. The van der Waals surface area contributed by atoms with E-state index < -0.39 is 11.9 Å². The summed E-state index contributed by atoms with van der Waals surface area (Å²) in [5, 5.41) is 35.9. The molecule has 0 unspecified atom stereocenters. The summed E-state index contributed by atoms with van der Waals surface area (Å²) in [6.45, 7) is 0. The van der Waals surface area contributed by atoms with Crippen LogP contribution >= 0.6 is 0 Å². The van der Waals surface area contributed by atoms with Crippen molar-refractivity contribution < 1.29 is 19.0 Å². The van der Waals surface area contributed by atoms with Gasteiger partial charge in [0.25, 0.3) is 11.6 Å². The third-order valence-corrected chi connectivity index (χ3v) is 4.60. The Morgan fingerprint density at radius 3 is 1.26 bits per heavy atom. The number of rotatable bonds is 6. The fourth-order valence-corrected chi connectivity index (χ4v) is 2.94. The van der Waals surface area contributed by atoms with E-state index in [1.807, 2.05) is 36.4 Å². The van der Waals surface area contributed by atoms with E-state index in [0.29, 0.717) is 22.5 Å². The van der Waals surface area contributed by atoms with Crippen LogP contribution in [0.2, 0.25) is 0 Å². The van der Waals surface area contributed by atoms with Gasteiger partial charge in [0.1, 0.15) is 0 Å². The van der Waals surface area contributed by atoms with Crippen molar-refractivity contribution in [1.29, 1.82) is 0 Å². The van der Waals surface area contributed by atoms with Crippen LogP contribution in [0.4, 0.5) is 23.0 Å². The van der Waals surface area contributed by atoms with Crippen molar-refractivity contribution in [3.8, 4) is 34.8 Å². The van der Waals surface area contributed by atoms with E-state index in [9.17, 15) is 10.2 Å². The SMILES string of the molecule is Oc1oc(-c2ccccc2)nc1N=Nc1ccc(N=Nc2nc(-c3ccccc3)oc2O)cc1. The number of aromatic hydroxyl groups is 2. The Hall–Kier alpha value is -5.12. The van der Waals surface area contributed by atoms with Crippen molar-refractivity contribution in [2.45, 2.75) is 0 Å². The molecule has 2 N–H and O–H groups in total. The smallest absolute Gasteiger partial charge is 0.332 e. The third kappa shape index (κ3) is 4.55. The molecule has 2 aromatic heterocycles. The summed E-state index contributed by atoms with van der Waals surface area (Å²) in [6.07, 6.45) is 0. The number of nitrogens with zero attached hydrogens (tertiary/aromatic N) is 6. The van der Waals surface area contributed by atoms with Crippen LogP contribution in [-0.2, 0) is 0 Å². The van der Waals surface area contributed by atoms with Gasteiger partial charge in [0, 0.05) is 11.1 Å². The Kier molecular flexibility index (Phi) is 5.60. The fourth-order valence-electron chi connectivity index (χ4n) is 2.94. The first-order valence-corrected chi connectivity index (χ1v) is 10.1. The monoisotopic (exact) mass is 452 g/mol. The second kappa shape index (κ2) is 9.17. The highest BCUT2D eigenvalue weighted by Crippen LogP contribution is 2.34. The molecule has 5 rings (SSSR count). The van der Waals surface area contributed by atoms with Gasteiger partial charge in [0.05, 0.1) is 11.4 Å². The lowest BCUT2D eigenvalue weighted by atomic mass is 10.2. The van der Waals surface area contributed by atoms with Crippen molar-refractivity contribution in [2.75, 3.05) is 0 Å². The average Bonchev–Trinajstić information content (AvgIpc) is 3.45. The van der Waals surface area contributed by atoms with Crippen LogP contribution in [0.1, 0.15) is 0 Å². The van der Waals surface area contributed by atoms with Crippen molar-refractivity contribution in [3.63, 3.8) is 0 Å². The van der Waals surface area contributed by atoms with Crippen LogP contribution in [0.25, 0.3) is 22.9 Å². The normalized spacial score (nSPS) is 11.5. The van der Waals surface area contributed by atoms with Crippen LogP contribution in [0, 0.1) is 0 Å². The van der Waals surface area contributed by atoms with Crippen LogP contribution < -0.4 is 0 Å². The molecule has 5 aromatic rings. The predicted molar refractivity (Wildman–Crippen MR) is 122 cm³/mol. The Balaban J connectivity index is 1.28. The molecule has 0 aliphatic heterocycles. The highest BCUT2D eigenvalue weighted by atomic mass is 16.5. The van der Waals surface area contributed by atoms with Crippen molar-refractivity contribution >= 4 is 23.0 Å². The Bertz CT molecular complexity index is 1350. The number of hydrogen-bond acceptors (Lipinski definition) is 10. The number of aromatic nitrogens is 2. The first-order valence-electron chi connectivity index (χ1n) is 10.1. The van der Waals surface area contributed by atoms with Gasteiger partial charge in [0.2, 0.25) is 11.8 Å². The van der Waals surface area contributed by atoms with Crippen molar-refractivity contribution in [2.24, 2.45) is 20.5 Å². The average molecular weight is 452 g/mol. The summed E-state index contributed by atoms with van der Waals surface area (Å²) in [5.74, 6) is -0.411. The molecule has 0 amide bonds.